The molecule has 0 aliphatic carbocycles. The first-order valence-corrected chi connectivity index (χ1v) is 11.5. The van der Waals surface area contributed by atoms with E-state index in [0.29, 0.717) is 5.25 Å². The van der Waals surface area contributed by atoms with Crippen molar-refractivity contribution in [1.29, 1.82) is 0 Å². The summed E-state index contributed by atoms with van der Waals surface area (Å²) in [7, 11) is 2.22. The lowest BCUT2D eigenvalue weighted by molar-refractivity contribution is 0.282. The topological polar surface area (TPSA) is 29.0 Å². The first kappa shape index (κ1) is 18.9. The highest BCUT2D eigenvalue weighted by Crippen LogP contribution is 2.44. The Morgan fingerprint density at radius 3 is 2.63 bits per heavy atom. The van der Waals surface area contributed by atoms with Crippen LogP contribution < -0.4 is 0 Å². The molecule has 0 radical (unpaired) electrons. The number of thiophene rings is 1. The predicted molar refractivity (Wildman–Crippen MR) is 118 cm³/mol. The van der Waals surface area contributed by atoms with E-state index in [1.165, 1.54) is 63.5 Å². The maximum Gasteiger partial charge on any atom is 0.128 e. The Balaban J connectivity index is 1.81. The second-order valence-electron chi connectivity index (χ2n) is 7.53. The Morgan fingerprint density at radius 1 is 1.15 bits per heavy atom. The number of benzene rings is 1. The van der Waals surface area contributed by atoms with Gasteiger partial charge in [0.25, 0.3) is 0 Å². The highest BCUT2D eigenvalue weighted by Gasteiger charge is 2.23. The van der Waals surface area contributed by atoms with E-state index in [9.17, 15) is 0 Å². The number of thioether (sulfide) groups is 1. The molecule has 0 spiro atoms. The Morgan fingerprint density at radius 2 is 1.93 bits per heavy atom. The summed E-state index contributed by atoms with van der Waals surface area (Å²) in [5.41, 5.74) is 5.35. The summed E-state index contributed by atoms with van der Waals surface area (Å²) in [5, 5.41) is 3.09. The van der Waals surface area contributed by atoms with Crippen molar-refractivity contribution in [1.82, 2.24) is 14.9 Å². The molecule has 0 amide bonds. The summed E-state index contributed by atoms with van der Waals surface area (Å²) >= 11 is 3.80. The van der Waals surface area contributed by atoms with Crippen LogP contribution in [0.1, 0.15) is 35.8 Å². The Labute approximate surface area is 170 Å². The fourth-order valence-electron chi connectivity index (χ4n) is 3.75. The highest BCUT2D eigenvalue weighted by molar-refractivity contribution is 8.00. The van der Waals surface area contributed by atoms with Gasteiger partial charge in [0.1, 0.15) is 16.2 Å². The molecule has 0 bridgehead atoms. The zero-order valence-electron chi connectivity index (χ0n) is 16.6. The van der Waals surface area contributed by atoms with E-state index in [2.05, 4.69) is 55.9 Å². The smallest absolute Gasteiger partial charge is 0.128 e. The van der Waals surface area contributed by atoms with E-state index in [4.69, 9.17) is 4.98 Å². The average Bonchev–Trinajstić information content (AvgIpc) is 3.05. The molecule has 0 saturated carbocycles. The number of rotatable bonds is 4. The van der Waals surface area contributed by atoms with E-state index in [-0.39, 0.29) is 0 Å². The average molecular weight is 398 g/mol. The van der Waals surface area contributed by atoms with Crippen molar-refractivity contribution in [3.8, 4) is 11.1 Å². The number of likely N-dealkylation sites (tertiary alicyclic amines) is 1. The first-order chi connectivity index (χ1) is 13.1. The van der Waals surface area contributed by atoms with Crippen LogP contribution in [-0.2, 0) is 6.42 Å². The van der Waals surface area contributed by atoms with Gasteiger partial charge in [0.15, 0.2) is 0 Å². The molecule has 1 fully saturated rings. The molecular weight excluding hydrogens is 370 g/mol. The van der Waals surface area contributed by atoms with Crippen LogP contribution in [-0.4, -0.2) is 40.3 Å². The summed E-state index contributed by atoms with van der Waals surface area (Å²) < 4.78 is 0. The molecule has 27 heavy (non-hydrogen) atoms. The van der Waals surface area contributed by atoms with Crippen molar-refractivity contribution in [2.75, 3.05) is 20.1 Å². The zero-order valence-corrected chi connectivity index (χ0v) is 18.2. The third-order valence-corrected chi connectivity index (χ3v) is 8.17. The van der Waals surface area contributed by atoms with Gasteiger partial charge in [-0.3, -0.25) is 0 Å². The van der Waals surface area contributed by atoms with Crippen LogP contribution in [0.25, 0.3) is 21.3 Å². The Kier molecular flexibility index (Phi) is 5.53. The summed E-state index contributed by atoms with van der Waals surface area (Å²) in [6.45, 7) is 8.98. The summed E-state index contributed by atoms with van der Waals surface area (Å²) in [5.74, 6) is 0. The van der Waals surface area contributed by atoms with Gasteiger partial charge in [0.2, 0.25) is 0 Å². The predicted octanol–water partition coefficient (Wildman–Crippen LogP) is 5.72. The third-order valence-electron chi connectivity index (χ3n) is 5.59. The van der Waals surface area contributed by atoms with Crippen molar-refractivity contribution >= 4 is 33.3 Å². The highest BCUT2D eigenvalue weighted by atomic mass is 32.2. The lowest BCUT2D eigenvalue weighted by Gasteiger charge is -2.28. The molecule has 2 aromatic heterocycles. The van der Waals surface area contributed by atoms with Crippen LogP contribution in [0.5, 0.6) is 0 Å². The minimum Gasteiger partial charge on any atom is -0.306 e. The lowest BCUT2D eigenvalue weighted by atomic mass is 9.98. The molecule has 1 aromatic carbocycles. The molecule has 1 saturated heterocycles. The van der Waals surface area contributed by atoms with Crippen LogP contribution in [0, 0.1) is 13.8 Å². The van der Waals surface area contributed by atoms with Gasteiger partial charge in [-0.2, -0.15) is 0 Å². The number of hydrogen-bond acceptors (Lipinski definition) is 5. The van der Waals surface area contributed by atoms with Crippen molar-refractivity contribution in [2.24, 2.45) is 0 Å². The monoisotopic (exact) mass is 397 g/mol. The van der Waals surface area contributed by atoms with Gasteiger partial charge in [0, 0.05) is 15.7 Å². The molecule has 142 valence electrons. The second-order valence-corrected chi connectivity index (χ2v) is 9.90. The largest absolute Gasteiger partial charge is 0.306 e. The maximum atomic E-state index is 4.74. The molecule has 5 heteroatoms. The van der Waals surface area contributed by atoms with Crippen molar-refractivity contribution in [2.45, 2.75) is 50.3 Å². The van der Waals surface area contributed by atoms with Gasteiger partial charge in [-0.05, 0) is 69.9 Å². The number of nitrogens with zero attached hydrogens (tertiary/aromatic N) is 3. The Bertz CT molecular complexity index is 956. The van der Waals surface area contributed by atoms with Gasteiger partial charge in [-0.15, -0.1) is 23.1 Å². The van der Waals surface area contributed by atoms with Crippen LogP contribution in [0.4, 0.5) is 0 Å². The molecular formula is C22H27N3S2. The summed E-state index contributed by atoms with van der Waals surface area (Å²) in [4.78, 5) is 14.3. The molecule has 0 unspecified atom stereocenters. The Hall–Kier alpha value is -1.43. The van der Waals surface area contributed by atoms with Crippen molar-refractivity contribution in [3.05, 3.63) is 40.5 Å². The SMILES string of the molecule is CCc1sc2ncnc(SC3CCN(C)CC3)c2c1-c1ccc(C)c(C)c1. The number of fused-ring (bicyclic) bond motifs is 1. The minimum atomic E-state index is 0.650. The van der Waals surface area contributed by atoms with E-state index >= 15 is 0 Å². The molecule has 3 nitrogen and oxygen atoms in total. The van der Waals surface area contributed by atoms with E-state index in [0.717, 1.165) is 11.3 Å². The standard InChI is InChI=1S/C22H27N3S2/c1-5-18-19(16-7-6-14(2)15(3)12-16)20-21(23-13-24-22(20)27-18)26-17-8-10-25(4)11-9-17/h6-7,12-13,17H,5,8-11H2,1-4H3. The molecule has 1 aliphatic heterocycles. The number of hydrogen-bond donors (Lipinski definition) is 0. The van der Waals surface area contributed by atoms with Gasteiger partial charge in [0.05, 0.1) is 5.39 Å². The molecule has 3 aromatic rings. The van der Waals surface area contributed by atoms with Gasteiger partial charge < -0.3 is 4.90 Å². The summed E-state index contributed by atoms with van der Waals surface area (Å²) in [6.07, 6.45) is 5.24. The number of aryl methyl sites for hydroxylation is 3. The third kappa shape index (κ3) is 3.78. The zero-order chi connectivity index (χ0) is 19.0. The molecule has 0 atom stereocenters. The van der Waals surface area contributed by atoms with E-state index < -0.39 is 0 Å². The second kappa shape index (κ2) is 7.90. The van der Waals surface area contributed by atoms with Gasteiger partial charge >= 0.3 is 0 Å². The molecule has 0 N–H and O–H groups in total. The quantitative estimate of drug-likeness (QED) is 0.526. The molecule has 1 aliphatic rings. The first-order valence-electron chi connectivity index (χ1n) is 9.76. The summed E-state index contributed by atoms with van der Waals surface area (Å²) in [6, 6.07) is 6.83. The van der Waals surface area contributed by atoms with Gasteiger partial charge in [-0.25, -0.2) is 9.97 Å². The number of aromatic nitrogens is 2. The van der Waals surface area contributed by atoms with Crippen LogP contribution in [0.2, 0.25) is 0 Å². The van der Waals surface area contributed by atoms with Gasteiger partial charge in [-0.1, -0.05) is 25.1 Å². The lowest BCUT2D eigenvalue weighted by Crippen LogP contribution is -2.31. The fourth-order valence-corrected chi connectivity index (χ4v) is 6.11. The van der Waals surface area contributed by atoms with Crippen LogP contribution >= 0.6 is 23.1 Å². The maximum absolute atomic E-state index is 4.74. The van der Waals surface area contributed by atoms with Crippen LogP contribution in [0.15, 0.2) is 29.6 Å². The van der Waals surface area contributed by atoms with E-state index in [1.807, 2.05) is 23.1 Å². The number of piperidine rings is 1. The minimum absolute atomic E-state index is 0.650. The molecule has 4 rings (SSSR count). The fraction of sp³-hybridized carbons (Fsp3) is 0.455. The van der Waals surface area contributed by atoms with E-state index in [1.54, 1.807) is 6.33 Å². The van der Waals surface area contributed by atoms with Crippen LogP contribution in [0.3, 0.4) is 0 Å². The van der Waals surface area contributed by atoms with Crippen molar-refractivity contribution in [3.63, 3.8) is 0 Å². The normalized spacial score (nSPS) is 16.3. The molecule has 3 heterocycles. The van der Waals surface area contributed by atoms with Crippen molar-refractivity contribution < 1.29 is 0 Å².